The van der Waals surface area contributed by atoms with Crippen LogP contribution in [0.3, 0.4) is 0 Å². The number of anilines is 2. The van der Waals surface area contributed by atoms with Gasteiger partial charge in [0.25, 0.3) is 0 Å². The summed E-state index contributed by atoms with van der Waals surface area (Å²) >= 11 is 19.6. The molecule has 0 amide bonds. The van der Waals surface area contributed by atoms with Crippen LogP contribution in [0.1, 0.15) is 39.7 Å². The maximum Gasteiger partial charge on any atom is 0.341 e. The van der Waals surface area contributed by atoms with Crippen LogP contribution in [0.25, 0.3) is 0 Å². The van der Waals surface area contributed by atoms with Crippen LogP contribution in [0.15, 0.2) is 30.5 Å². The molecule has 0 spiro atoms. The Balaban J connectivity index is 1.50. The lowest BCUT2D eigenvalue weighted by Gasteiger charge is -2.18. The maximum absolute atomic E-state index is 12.5. The second-order valence-electron chi connectivity index (χ2n) is 7.74. The quantitative estimate of drug-likeness (QED) is 0.324. The number of thiophene rings is 1. The second kappa shape index (κ2) is 9.79. The summed E-state index contributed by atoms with van der Waals surface area (Å²) in [6, 6.07) is 7.57. The van der Waals surface area contributed by atoms with Gasteiger partial charge in [0.2, 0.25) is 0 Å². The number of hydrogen-bond donors (Lipinski definition) is 2. The zero-order valence-corrected chi connectivity index (χ0v) is 20.7. The van der Waals surface area contributed by atoms with Crippen LogP contribution in [-0.2, 0) is 24.1 Å². The minimum atomic E-state index is -0.357. The summed E-state index contributed by atoms with van der Waals surface area (Å²) in [7, 11) is 1.39. The number of nitrogens with one attached hydrogen (secondary N) is 2. The number of benzene rings is 1. The molecule has 4 rings (SSSR count). The summed E-state index contributed by atoms with van der Waals surface area (Å²) < 4.78 is 6.73. The van der Waals surface area contributed by atoms with Crippen molar-refractivity contribution >= 4 is 68.7 Å². The number of halogens is 2. The first-order valence-corrected chi connectivity index (χ1v) is 12.1. The first-order chi connectivity index (χ1) is 15.4. The van der Waals surface area contributed by atoms with Crippen LogP contribution >= 0.6 is 46.8 Å². The van der Waals surface area contributed by atoms with E-state index in [1.807, 2.05) is 24.3 Å². The van der Waals surface area contributed by atoms with Crippen molar-refractivity contribution in [3.05, 3.63) is 62.1 Å². The molecule has 1 aliphatic rings. The molecule has 0 aliphatic heterocycles. The molecule has 0 radical (unpaired) electrons. The molecule has 2 aromatic heterocycles. The van der Waals surface area contributed by atoms with Crippen molar-refractivity contribution < 1.29 is 9.53 Å². The third-order valence-corrected chi connectivity index (χ3v) is 7.39. The van der Waals surface area contributed by atoms with Gasteiger partial charge < -0.3 is 15.4 Å². The van der Waals surface area contributed by atoms with Crippen LogP contribution in [-0.4, -0.2) is 28.0 Å². The molecule has 0 saturated carbocycles. The van der Waals surface area contributed by atoms with Crippen molar-refractivity contribution in [3.8, 4) is 0 Å². The Morgan fingerprint density at radius 1 is 1.31 bits per heavy atom. The van der Waals surface area contributed by atoms with Gasteiger partial charge in [-0.25, -0.2) is 4.79 Å². The van der Waals surface area contributed by atoms with Crippen molar-refractivity contribution in [2.75, 3.05) is 17.7 Å². The molecule has 32 heavy (non-hydrogen) atoms. The standard InChI is InChI=1S/C22H22Cl2N4O2S2/c1-12-7-8-14-17(9-12)32-20(18(14)21(29)30-2)26-22(31)25-19-16(24)11-28(27-19)10-13-5-3-4-6-15(13)23/h3-6,11-12H,7-10H2,1-2H3,(H2,25,26,27,31). The molecule has 0 saturated heterocycles. The Kier molecular flexibility index (Phi) is 7.05. The predicted octanol–water partition coefficient (Wildman–Crippen LogP) is 6.02. The van der Waals surface area contributed by atoms with Gasteiger partial charge in [0.1, 0.15) is 10.0 Å². The highest BCUT2D eigenvalue weighted by molar-refractivity contribution is 7.80. The molecule has 1 unspecified atom stereocenters. The van der Waals surface area contributed by atoms with Gasteiger partial charge in [0.15, 0.2) is 10.9 Å². The fourth-order valence-corrected chi connectivity index (χ4v) is 5.82. The van der Waals surface area contributed by atoms with Crippen LogP contribution in [0.4, 0.5) is 10.8 Å². The summed E-state index contributed by atoms with van der Waals surface area (Å²) in [5.74, 6) is 0.653. The smallest absolute Gasteiger partial charge is 0.341 e. The number of carbonyl (C=O) groups is 1. The Morgan fingerprint density at radius 2 is 2.09 bits per heavy atom. The first-order valence-electron chi connectivity index (χ1n) is 10.1. The number of fused-ring (bicyclic) bond motifs is 1. The Hall–Kier alpha value is -2.13. The van der Waals surface area contributed by atoms with E-state index in [4.69, 9.17) is 40.2 Å². The predicted molar refractivity (Wildman–Crippen MR) is 134 cm³/mol. The monoisotopic (exact) mass is 508 g/mol. The maximum atomic E-state index is 12.5. The second-order valence-corrected chi connectivity index (χ2v) is 10.1. The minimum Gasteiger partial charge on any atom is -0.465 e. The zero-order chi connectivity index (χ0) is 22.8. The zero-order valence-electron chi connectivity index (χ0n) is 17.6. The van der Waals surface area contributed by atoms with Crippen molar-refractivity contribution in [1.29, 1.82) is 0 Å². The van der Waals surface area contributed by atoms with Crippen LogP contribution in [0, 0.1) is 5.92 Å². The van der Waals surface area contributed by atoms with E-state index >= 15 is 0 Å². The number of carbonyl (C=O) groups excluding carboxylic acids is 1. The van der Waals surface area contributed by atoms with Gasteiger partial charge in [-0.3, -0.25) is 4.68 Å². The number of rotatable bonds is 5. The molecule has 3 aromatic rings. The van der Waals surface area contributed by atoms with E-state index in [1.165, 1.54) is 12.0 Å². The number of ether oxygens (including phenoxy) is 1. The largest absolute Gasteiger partial charge is 0.465 e. The van der Waals surface area contributed by atoms with Crippen LogP contribution in [0.2, 0.25) is 10.0 Å². The normalized spacial score (nSPS) is 15.2. The van der Waals surface area contributed by atoms with Crippen molar-refractivity contribution in [2.45, 2.75) is 32.7 Å². The van der Waals surface area contributed by atoms with E-state index in [0.717, 1.165) is 30.4 Å². The number of hydrogen-bond acceptors (Lipinski definition) is 5. The molecule has 2 heterocycles. The van der Waals surface area contributed by atoms with E-state index in [1.54, 1.807) is 22.2 Å². The summed E-state index contributed by atoms with van der Waals surface area (Å²) in [6.07, 6.45) is 4.57. The first kappa shape index (κ1) is 23.0. The molecule has 6 nitrogen and oxygen atoms in total. The van der Waals surface area contributed by atoms with E-state index in [2.05, 4.69) is 22.7 Å². The Morgan fingerprint density at radius 3 is 2.84 bits per heavy atom. The van der Waals surface area contributed by atoms with E-state index in [-0.39, 0.29) is 5.97 Å². The highest BCUT2D eigenvalue weighted by Gasteiger charge is 2.28. The number of aromatic nitrogens is 2. The van der Waals surface area contributed by atoms with Gasteiger partial charge >= 0.3 is 5.97 Å². The summed E-state index contributed by atoms with van der Waals surface area (Å²) in [5.41, 5.74) is 2.56. The van der Waals surface area contributed by atoms with Gasteiger partial charge in [-0.05, 0) is 54.6 Å². The molecular weight excluding hydrogens is 487 g/mol. The van der Waals surface area contributed by atoms with Gasteiger partial charge in [-0.15, -0.1) is 11.3 Å². The highest BCUT2D eigenvalue weighted by atomic mass is 35.5. The lowest BCUT2D eigenvalue weighted by molar-refractivity contribution is 0.0601. The van der Waals surface area contributed by atoms with E-state index in [0.29, 0.717) is 44.0 Å². The molecule has 10 heteroatoms. The fraction of sp³-hybridized carbons (Fsp3) is 0.318. The molecule has 0 bridgehead atoms. The summed E-state index contributed by atoms with van der Waals surface area (Å²) in [4.78, 5) is 13.7. The van der Waals surface area contributed by atoms with E-state index in [9.17, 15) is 4.79 Å². The third kappa shape index (κ3) is 4.93. The molecule has 168 valence electrons. The van der Waals surface area contributed by atoms with Gasteiger partial charge in [0.05, 0.1) is 19.2 Å². The topological polar surface area (TPSA) is 68.2 Å². The average Bonchev–Trinajstić information content (AvgIpc) is 3.27. The number of methoxy groups -OCH3 is 1. The van der Waals surface area contributed by atoms with Crippen LogP contribution < -0.4 is 10.6 Å². The summed E-state index contributed by atoms with van der Waals surface area (Å²) in [6.45, 7) is 2.70. The van der Waals surface area contributed by atoms with Crippen molar-refractivity contribution in [3.63, 3.8) is 0 Å². The molecule has 0 fully saturated rings. The highest BCUT2D eigenvalue weighted by Crippen LogP contribution is 2.40. The number of esters is 1. The molecule has 1 atom stereocenters. The van der Waals surface area contributed by atoms with Gasteiger partial charge in [-0.2, -0.15) is 5.10 Å². The van der Waals surface area contributed by atoms with Crippen molar-refractivity contribution in [1.82, 2.24) is 9.78 Å². The van der Waals surface area contributed by atoms with Crippen molar-refractivity contribution in [2.24, 2.45) is 5.92 Å². The molecule has 2 N–H and O–H groups in total. The average molecular weight is 509 g/mol. The molecular formula is C22H22Cl2N4O2S2. The number of nitrogens with zero attached hydrogens (tertiary/aromatic N) is 2. The molecule has 1 aliphatic carbocycles. The number of thiocarbonyl (C=S) groups is 1. The third-order valence-electron chi connectivity index (χ3n) is 5.37. The lowest BCUT2D eigenvalue weighted by atomic mass is 9.88. The Labute approximate surface area is 205 Å². The van der Waals surface area contributed by atoms with Gasteiger partial charge in [-0.1, -0.05) is 48.3 Å². The SMILES string of the molecule is COC(=O)c1c(NC(=S)Nc2nn(Cc3ccccc3Cl)cc2Cl)sc2c1CCC(C)C2. The fourth-order valence-electron chi connectivity index (χ4n) is 3.76. The molecule has 1 aromatic carbocycles. The summed E-state index contributed by atoms with van der Waals surface area (Å²) in [5, 5.41) is 12.7. The van der Waals surface area contributed by atoms with Crippen LogP contribution in [0.5, 0.6) is 0 Å². The van der Waals surface area contributed by atoms with Gasteiger partial charge in [0, 0.05) is 16.1 Å². The van der Waals surface area contributed by atoms with E-state index < -0.39 is 0 Å². The lowest BCUT2D eigenvalue weighted by Crippen LogP contribution is -2.21. The minimum absolute atomic E-state index is 0.298. The Bertz CT molecular complexity index is 1170.